The lowest BCUT2D eigenvalue weighted by Gasteiger charge is -2.19. The molecule has 0 aliphatic carbocycles. The molecule has 0 amide bonds. The third-order valence-corrected chi connectivity index (χ3v) is 11.6. The van der Waals surface area contributed by atoms with E-state index >= 15 is 0 Å². The van der Waals surface area contributed by atoms with Crippen LogP contribution >= 0.6 is 7.82 Å². The molecule has 0 saturated heterocycles. The molecule has 0 radical (unpaired) electrons. The summed E-state index contributed by atoms with van der Waals surface area (Å²) in [6.07, 6.45) is 0. The van der Waals surface area contributed by atoms with Crippen molar-refractivity contribution in [2.24, 2.45) is 0 Å². The molecule has 0 fully saturated rings. The fourth-order valence-corrected chi connectivity index (χ4v) is 9.26. The lowest BCUT2D eigenvalue weighted by Crippen LogP contribution is -2.00. The monoisotopic (exact) mass is 700 g/mol. The number of rotatable bonds is 2. The number of phosphoric acid groups is 1. The summed E-state index contributed by atoms with van der Waals surface area (Å²) in [6, 6.07) is 58.3. The van der Waals surface area contributed by atoms with E-state index in [1.165, 1.54) is 21.5 Å². The van der Waals surface area contributed by atoms with Crippen LogP contribution in [0.5, 0.6) is 11.5 Å². The van der Waals surface area contributed by atoms with Crippen molar-refractivity contribution in [2.45, 2.75) is 0 Å². The standard InChI is InChI=1S/C48H29O4P/c49-53(50)51-47-43(35-21-23-39-33(25-35)19-17-29-9-1-5-13-37(29)39)27-31-11-3-7-15-41(31)45(47)46-42-16-8-4-12-32(42)28-44(48(46)52-53)36-22-24-40-34(26-36)20-18-30-10-2-6-14-38(30)40/h1-28H,(H,49,50). The second kappa shape index (κ2) is 11.3. The van der Waals surface area contributed by atoms with Gasteiger partial charge in [0.2, 0.25) is 0 Å². The maximum atomic E-state index is 14.2. The molecular weight excluding hydrogens is 671 g/mol. The fraction of sp³-hybridized carbons (Fsp3) is 0. The van der Waals surface area contributed by atoms with Crippen LogP contribution in [0.1, 0.15) is 0 Å². The summed E-state index contributed by atoms with van der Waals surface area (Å²) in [5.74, 6) is 0.640. The first kappa shape index (κ1) is 30.2. The number of hydrogen-bond acceptors (Lipinski definition) is 3. The maximum Gasteiger partial charge on any atom is 0.584 e. The van der Waals surface area contributed by atoms with Gasteiger partial charge in [0.25, 0.3) is 0 Å². The highest BCUT2D eigenvalue weighted by atomic mass is 31.2. The molecule has 10 aromatic rings. The van der Waals surface area contributed by atoms with Gasteiger partial charge in [0, 0.05) is 22.3 Å². The molecular formula is C48H29O4P. The van der Waals surface area contributed by atoms with Crippen LogP contribution in [-0.4, -0.2) is 4.89 Å². The van der Waals surface area contributed by atoms with Crippen molar-refractivity contribution in [3.05, 3.63) is 170 Å². The number of phosphoric ester groups is 1. The predicted molar refractivity (Wildman–Crippen MR) is 219 cm³/mol. The third kappa shape index (κ3) is 4.70. The zero-order chi connectivity index (χ0) is 35.3. The van der Waals surface area contributed by atoms with Gasteiger partial charge in [0.1, 0.15) is 11.5 Å². The van der Waals surface area contributed by atoms with E-state index < -0.39 is 7.82 Å². The molecule has 1 aliphatic rings. The summed E-state index contributed by atoms with van der Waals surface area (Å²) in [5.41, 5.74) is 4.63. The molecule has 0 aromatic heterocycles. The smallest absolute Gasteiger partial charge is 0.394 e. The minimum Gasteiger partial charge on any atom is -0.394 e. The molecule has 5 heteroatoms. The van der Waals surface area contributed by atoms with E-state index in [-0.39, 0.29) is 0 Å². The second-order valence-electron chi connectivity index (χ2n) is 13.8. The average Bonchev–Trinajstić information content (AvgIpc) is 3.33. The maximum absolute atomic E-state index is 14.2. The Labute approximate surface area is 304 Å². The van der Waals surface area contributed by atoms with E-state index in [4.69, 9.17) is 9.05 Å². The number of hydrogen-bond donors (Lipinski definition) is 1. The predicted octanol–water partition coefficient (Wildman–Crippen LogP) is 13.5. The lowest BCUT2D eigenvalue weighted by atomic mass is 9.86. The molecule has 4 nitrogen and oxygen atoms in total. The van der Waals surface area contributed by atoms with Crippen molar-refractivity contribution in [3.8, 4) is 44.9 Å². The Balaban J connectivity index is 1.23. The lowest BCUT2D eigenvalue weighted by molar-refractivity contribution is 0.295. The molecule has 0 spiro atoms. The zero-order valence-electron chi connectivity index (χ0n) is 28.3. The summed E-state index contributed by atoms with van der Waals surface area (Å²) in [4.78, 5) is 11.6. The molecule has 0 saturated carbocycles. The van der Waals surface area contributed by atoms with Crippen molar-refractivity contribution in [1.29, 1.82) is 0 Å². The van der Waals surface area contributed by atoms with Gasteiger partial charge in [-0.05, 0) is 100 Å². The van der Waals surface area contributed by atoms with Gasteiger partial charge in [-0.1, -0.05) is 146 Å². The Morgan fingerprint density at radius 1 is 0.358 bits per heavy atom. The molecule has 0 bridgehead atoms. The van der Waals surface area contributed by atoms with Crippen LogP contribution in [0.25, 0.3) is 98.0 Å². The molecule has 1 aliphatic heterocycles. The Morgan fingerprint density at radius 3 is 1.15 bits per heavy atom. The van der Waals surface area contributed by atoms with Gasteiger partial charge in [0.05, 0.1) is 0 Å². The average molecular weight is 701 g/mol. The quantitative estimate of drug-likeness (QED) is 0.144. The summed E-state index contributed by atoms with van der Waals surface area (Å²) in [5, 5.41) is 12.9. The van der Waals surface area contributed by atoms with E-state index in [2.05, 4.69) is 121 Å². The summed E-state index contributed by atoms with van der Waals surface area (Å²) >= 11 is 0. The summed E-state index contributed by atoms with van der Waals surface area (Å²) < 4.78 is 26.7. The highest BCUT2D eigenvalue weighted by Crippen LogP contribution is 2.61. The van der Waals surface area contributed by atoms with Gasteiger partial charge in [-0.2, -0.15) is 0 Å². The molecule has 1 heterocycles. The number of benzene rings is 10. The summed E-state index contributed by atoms with van der Waals surface area (Å²) in [7, 11) is -4.71. The molecule has 0 atom stereocenters. The van der Waals surface area contributed by atoms with Crippen molar-refractivity contribution in [3.63, 3.8) is 0 Å². The first-order chi connectivity index (χ1) is 26.0. The van der Waals surface area contributed by atoms with E-state index in [0.29, 0.717) is 22.6 Å². The van der Waals surface area contributed by atoms with Crippen molar-refractivity contribution < 1.29 is 18.5 Å². The van der Waals surface area contributed by atoms with Crippen LogP contribution in [0.4, 0.5) is 0 Å². The first-order valence-corrected chi connectivity index (χ1v) is 19.2. The topological polar surface area (TPSA) is 55.8 Å². The zero-order valence-corrected chi connectivity index (χ0v) is 29.2. The molecule has 250 valence electrons. The molecule has 10 aromatic carbocycles. The minimum atomic E-state index is -4.71. The Hall–Kier alpha value is -6.45. The first-order valence-electron chi connectivity index (χ1n) is 17.7. The van der Waals surface area contributed by atoms with Gasteiger partial charge in [-0.25, -0.2) is 4.57 Å². The van der Waals surface area contributed by atoms with Crippen LogP contribution in [0.2, 0.25) is 0 Å². The third-order valence-electron chi connectivity index (χ3n) is 10.8. The van der Waals surface area contributed by atoms with Crippen LogP contribution in [0, 0.1) is 0 Å². The van der Waals surface area contributed by atoms with Gasteiger partial charge in [-0.15, -0.1) is 0 Å². The molecule has 53 heavy (non-hydrogen) atoms. The summed E-state index contributed by atoms with van der Waals surface area (Å²) in [6.45, 7) is 0. The van der Waals surface area contributed by atoms with Gasteiger partial charge in [0.15, 0.2) is 0 Å². The fourth-order valence-electron chi connectivity index (χ4n) is 8.38. The van der Waals surface area contributed by atoms with E-state index in [0.717, 1.165) is 65.3 Å². The van der Waals surface area contributed by atoms with E-state index in [9.17, 15) is 9.46 Å². The van der Waals surface area contributed by atoms with Crippen LogP contribution in [0.15, 0.2) is 170 Å². The minimum absolute atomic E-state index is 0.320. The molecule has 11 rings (SSSR count). The highest BCUT2D eigenvalue weighted by molar-refractivity contribution is 7.48. The molecule has 1 N–H and O–H groups in total. The van der Waals surface area contributed by atoms with Crippen LogP contribution in [-0.2, 0) is 4.57 Å². The van der Waals surface area contributed by atoms with Gasteiger partial charge in [-0.3, -0.25) is 4.89 Å². The Morgan fingerprint density at radius 2 is 0.698 bits per heavy atom. The van der Waals surface area contributed by atoms with E-state index in [1.807, 2.05) is 48.5 Å². The second-order valence-corrected chi connectivity index (χ2v) is 15.1. The van der Waals surface area contributed by atoms with Gasteiger partial charge >= 0.3 is 7.82 Å². The van der Waals surface area contributed by atoms with E-state index in [1.54, 1.807) is 0 Å². The van der Waals surface area contributed by atoms with Crippen LogP contribution < -0.4 is 9.05 Å². The highest BCUT2D eigenvalue weighted by Gasteiger charge is 2.37. The largest absolute Gasteiger partial charge is 0.584 e. The number of fused-ring (bicyclic) bond motifs is 13. The van der Waals surface area contributed by atoms with Gasteiger partial charge < -0.3 is 9.05 Å². The Bertz CT molecular complexity index is 3020. The van der Waals surface area contributed by atoms with Crippen molar-refractivity contribution in [1.82, 2.24) is 0 Å². The SMILES string of the molecule is O=P1(O)Oc2c(-c3ccc4c(ccc5ccccc54)c3)cc3ccccc3c2-c2c(c(-c3ccc4c(ccc5ccccc54)c3)cc3ccccc23)O1. The molecule has 0 unspecified atom stereocenters. The normalized spacial score (nSPS) is 13.5. The van der Waals surface area contributed by atoms with Crippen molar-refractivity contribution >= 4 is 72.5 Å². The van der Waals surface area contributed by atoms with Crippen LogP contribution in [0.3, 0.4) is 0 Å². The Kier molecular flexibility index (Phi) is 6.42. The van der Waals surface area contributed by atoms with Crippen molar-refractivity contribution in [2.75, 3.05) is 0 Å².